The lowest BCUT2D eigenvalue weighted by atomic mass is 9.82. The number of alkyl halides is 1. The van der Waals surface area contributed by atoms with E-state index >= 15 is 0 Å². The molecule has 2 aliphatic carbocycles. The lowest BCUT2D eigenvalue weighted by Crippen LogP contribution is -2.46. The predicted octanol–water partition coefficient (Wildman–Crippen LogP) is 3.15. The van der Waals surface area contributed by atoms with E-state index in [4.69, 9.17) is 11.6 Å². The summed E-state index contributed by atoms with van der Waals surface area (Å²) in [5, 5.41) is 20.0. The second-order valence-electron chi connectivity index (χ2n) is 5.65. The van der Waals surface area contributed by atoms with Crippen molar-refractivity contribution in [3.63, 3.8) is 0 Å². The van der Waals surface area contributed by atoms with Gasteiger partial charge >= 0.3 is 0 Å². The fourth-order valence-corrected chi connectivity index (χ4v) is 4.33. The Labute approximate surface area is 116 Å². The molecule has 2 bridgehead atoms. The first-order valence-corrected chi connectivity index (χ1v) is 6.96. The molecule has 1 aromatic rings. The summed E-state index contributed by atoms with van der Waals surface area (Å²) in [5.41, 5.74) is 1.07. The molecule has 96 valence electrons. The van der Waals surface area contributed by atoms with Crippen LogP contribution in [-0.4, -0.2) is 17.0 Å². The molecule has 5 heteroatoms. The average Bonchev–Trinajstić information content (AvgIpc) is 3.09. The molecule has 19 heavy (non-hydrogen) atoms. The van der Waals surface area contributed by atoms with E-state index in [9.17, 15) is 5.26 Å². The number of rotatable bonds is 1. The topological polar surface area (TPSA) is 51.8 Å². The van der Waals surface area contributed by atoms with E-state index in [1.165, 1.54) is 0 Å². The van der Waals surface area contributed by atoms with E-state index in [1.807, 2.05) is 35.3 Å². The molecule has 2 saturated carbocycles. The Morgan fingerprint density at radius 3 is 2.89 bits per heavy atom. The van der Waals surface area contributed by atoms with Crippen molar-refractivity contribution < 1.29 is 0 Å². The Balaban J connectivity index is 1.68. The minimum absolute atomic E-state index is 0.0797. The molecular formula is C14H13ClN4. The van der Waals surface area contributed by atoms with Crippen LogP contribution in [0.2, 0.25) is 0 Å². The summed E-state index contributed by atoms with van der Waals surface area (Å²) < 4.78 is 0. The van der Waals surface area contributed by atoms with Gasteiger partial charge in [0.15, 0.2) is 0 Å². The maximum absolute atomic E-state index is 9.28. The molecule has 0 radical (unpaired) electrons. The molecule has 1 aliphatic heterocycles. The SMILES string of the molecule is N#C[C@]1(Cl)C[C@@H]2C[C@H]1[C@@H]1N=NN(c3ccccc3)[C@H]21. The summed E-state index contributed by atoms with van der Waals surface area (Å²) in [6.07, 6.45) is 1.75. The van der Waals surface area contributed by atoms with Crippen molar-refractivity contribution in [1.29, 1.82) is 5.26 Å². The fraction of sp³-hybridized carbons (Fsp3) is 0.500. The molecule has 0 amide bonds. The summed E-state index contributed by atoms with van der Waals surface area (Å²) in [6, 6.07) is 12.8. The van der Waals surface area contributed by atoms with Crippen LogP contribution in [0, 0.1) is 23.2 Å². The largest absolute Gasteiger partial charge is 0.242 e. The maximum Gasteiger partial charge on any atom is 0.136 e. The van der Waals surface area contributed by atoms with Crippen LogP contribution in [0.5, 0.6) is 0 Å². The van der Waals surface area contributed by atoms with Crippen molar-refractivity contribution in [2.75, 3.05) is 5.01 Å². The molecule has 1 aromatic carbocycles. The number of halogens is 1. The summed E-state index contributed by atoms with van der Waals surface area (Å²) in [7, 11) is 0. The van der Waals surface area contributed by atoms with Crippen LogP contribution in [-0.2, 0) is 0 Å². The minimum atomic E-state index is -0.725. The van der Waals surface area contributed by atoms with Crippen molar-refractivity contribution in [2.24, 2.45) is 22.2 Å². The number of hydrogen-bond acceptors (Lipinski definition) is 4. The van der Waals surface area contributed by atoms with Crippen LogP contribution < -0.4 is 5.01 Å². The Morgan fingerprint density at radius 1 is 1.37 bits per heavy atom. The lowest BCUT2D eigenvalue weighted by Gasteiger charge is -2.34. The van der Waals surface area contributed by atoms with Crippen molar-refractivity contribution in [1.82, 2.24) is 0 Å². The third kappa shape index (κ3) is 1.39. The lowest BCUT2D eigenvalue weighted by molar-refractivity contribution is 0.349. The van der Waals surface area contributed by atoms with Gasteiger partial charge in [0.25, 0.3) is 0 Å². The number of benzene rings is 1. The average molecular weight is 273 g/mol. The maximum atomic E-state index is 9.28. The number of para-hydroxylation sites is 1. The van der Waals surface area contributed by atoms with Gasteiger partial charge in [-0.2, -0.15) is 10.4 Å². The molecule has 3 aliphatic rings. The van der Waals surface area contributed by atoms with Crippen LogP contribution >= 0.6 is 11.6 Å². The van der Waals surface area contributed by atoms with E-state index in [-0.39, 0.29) is 18.0 Å². The van der Waals surface area contributed by atoms with Gasteiger partial charge in [0.2, 0.25) is 0 Å². The molecule has 4 rings (SSSR count). The van der Waals surface area contributed by atoms with Gasteiger partial charge in [0.1, 0.15) is 10.9 Å². The number of anilines is 1. The first-order valence-electron chi connectivity index (χ1n) is 6.58. The molecule has 0 aromatic heterocycles. The number of nitrogens with zero attached hydrogens (tertiary/aromatic N) is 4. The molecule has 0 saturated heterocycles. The molecule has 0 N–H and O–H groups in total. The highest BCUT2D eigenvalue weighted by Gasteiger charge is 2.64. The second-order valence-corrected chi connectivity index (χ2v) is 6.32. The van der Waals surface area contributed by atoms with Crippen LogP contribution in [0.25, 0.3) is 0 Å². The first kappa shape index (κ1) is 11.2. The Morgan fingerprint density at radius 2 is 2.16 bits per heavy atom. The molecule has 5 atom stereocenters. The molecular weight excluding hydrogens is 260 g/mol. The predicted molar refractivity (Wildman–Crippen MR) is 71.8 cm³/mol. The molecule has 1 heterocycles. The second kappa shape index (κ2) is 3.71. The van der Waals surface area contributed by atoms with E-state index < -0.39 is 4.87 Å². The van der Waals surface area contributed by atoms with Crippen molar-refractivity contribution >= 4 is 17.3 Å². The van der Waals surface area contributed by atoms with E-state index in [1.54, 1.807) is 0 Å². The van der Waals surface area contributed by atoms with Crippen LogP contribution in [0.4, 0.5) is 5.69 Å². The molecule has 0 unspecified atom stereocenters. The third-order valence-corrected chi connectivity index (χ3v) is 5.24. The summed E-state index contributed by atoms with van der Waals surface area (Å²) in [6.45, 7) is 0. The van der Waals surface area contributed by atoms with Crippen molar-refractivity contribution in [2.45, 2.75) is 29.8 Å². The number of fused-ring (bicyclic) bond motifs is 5. The van der Waals surface area contributed by atoms with E-state index in [2.05, 4.69) is 16.4 Å². The van der Waals surface area contributed by atoms with Gasteiger partial charge in [-0.15, -0.1) is 11.6 Å². The number of nitriles is 1. The zero-order valence-electron chi connectivity index (χ0n) is 10.3. The van der Waals surface area contributed by atoms with Gasteiger partial charge < -0.3 is 0 Å². The minimum Gasteiger partial charge on any atom is -0.242 e. The third-order valence-electron chi connectivity index (χ3n) is 4.72. The zero-order valence-corrected chi connectivity index (χ0v) is 11.0. The smallest absolute Gasteiger partial charge is 0.136 e. The monoisotopic (exact) mass is 272 g/mol. The number of hydrogen-bond donors (Lipinski definition) is 0. The van der Waals surface area contributed by atoms with Crippen molar-refractivity contribution in [3.05, 3.63) is 30.3 Å². The van der Waals surface area contributed by atoms with Crippen LogP contribution in [0.3, 0.4) is 0 Å². The van der Waals surface area contributed by atoms with Gasteiger partial charge in [-0.25, -0.2) is 5.01 Å². The van der Waals surface area contributed by atoms with Crippen LogP contribution in [0.1, 0.15) is 12.8 Å². The quantitative estimate of drug-likeness (QED) is 0.738. The van der Waals surface area contributed by atoms with Gasteiger partial charge in [0.05, 0.1) is 17.8 Å². The molecule has 0 spiro atoms. The standard InChI is InChI=1S/C14H13ClN4/c15-14(8-16)7-9-6-11(14)12-13(9)19(18-17-12)10-4-2-1-3-5-10/h1-5,9,11-13H,6-7H2/t9-,11-,12-,13+,14+/m0/s1. The van der Waals surface area contributed by atoms with Gasteiger partial charge in [0, 0.05) is 5.92 Å². The normalized spacial score (nSPS) is 42.4. The summed E-state index contributed by atoms with van der Waals surface area (Å²) in [5.74, 6) is 0.564. The highest BCUT2D eigenvalue weighted by atomic mass is 35.5. The Bertz CT molecular complexity index is 581. The van der Waals surface area contributed by atoms with E-state index in [0.717, 1.165) is 18.5 Å². The summed E-state index contributed by atoms with van der Waals surface area (Å²) in [4.78, 5) is -0.725. The molecule has 2 fully saturated rings. The van der Waals surface area contributed by atoms with Gasteiger partial charge in [-0.05, 0) is 30.9 Å². The van der Waals surface area contributed by atoms with Crippen LogP contribution in [0.15, 0.2) is 40.7 Å². The van der Waals surface area contributed by atoms with Gasteiger partial charge in [-0.3, -0.25) is 0 Å². The molecule has 4 nitrogen and oxygen atoms in total. The highest BCUT2D eigenvalue weighted by molar-refractivity contribution is 6.26. The fourth-order valence-electron chi connectivity index (χ4n) is 3.92. The highest BCUT2D eigenvalue weighted by Crippen LogP contribution is 2.58. The Kier molecular flexibility index (Phi) is 2.19. The Hall–Kier alpha value is -1.60. The van der Waals surface area contributed by atoms with E-state index in [0.29, 0.717) is 5.92 Å². The zero-order chi connectivity index (χ0) is 13.0. The summed E-state index contributed by atoms with van der Waals surface area (Å²) >= 11 is 6.43. The first-order chi connectivity index (χ1) is 9.23. The van der Waals surface area contributed by atoms with Crippen molar-refractivity contribution in [3.8, 4) is 6.07 Å². The van der Waals surface area contributed by atoms with Gasteiger partial charge in [-0.1, -0.05) is 23.4 Å².